The molecule has 7 nitrogen and oxygen atoms in total. The lowest BCUT2D eigenvalue weighted by Crippen LogP contribution is -2.30. The van der Waals surface area contributed by atoms with Gasteiger partial charge in [-0.15, -0.1) is 0 Å². The standard InChI is InChI=1S/C13H22N2O5/c16-11(15-7-5-13(18)19)2-1-6-14-12(17)9-20-8-10-3-4-10/h10H,1-9H2,(H,14,17)(H,15,16)(H,18,19). The van der Waals surface area contributed by atoms with Gasteiger partial charge in [0.05, 0.1) is 13.0 Å². The SMILES string of the molecule is O=C(O)CCNC(=O)CCCNC(=O)COCC1CC1. The van der Waals surface area contributed by atoms with Gasteiger partial charge in [-0.05, 0) is 25.2 Å². The number of rotatable bonds is 11. The van der Waals surface area contributed by atoms with E-state index in [-0.39, 0.29) is 37.8 Å². The van der Waals surface area contributed by atoms with Gasteiger partial charge in [0.2, 0.25) is 11.8 Å². The Morgan fingerprint density at radius 3 is 2.40 bits per heavy atom. The van der Waals surface area contributed by atoms with E-state index in [4.69, 9.17) is 9.84 Å². The van der Waals surface area contributed by atoms with E-state index in [2.05, 4.69) is 10.6 Å². The molecule has 1 aliphatic rings. The fourth-order valence-electron chi connectivity index (χ4n) is 1.53. The highest BCUT2D eigenvalue weighted by Gasteiger charge is 2.21. The number of carbonyl (C=O) groups is 3. The van der Waals surface area contributed by atoms with E-state index in [1.54, 1.807) is 0 Å². The van der Waals surface area contributed by atoms with Crippen molar-refractivity contribution in [2.75, 3.05) is 26.3 Å². The second kappa shape index (κ2) is 9.30. The normalized spacial score (nSPS) is 13.8. The first-order valence-corrected chi connectivity index (χ1v) is 6.91. The summed E-state index contributed by atoms with van der Waals surface area (Å²) in [6.45, 7) is 1.27. The minimum Gasteiger partial charge on any atom is -0.481 e. The van der Waals surface area contributed by atoms with Crippen LogP contribution in [0.3, 0.4) is 0 Å². The predicted molar refractivity (Wildman–Crippen MR) is 71.0 cm³/mol. The van der Waals surface area contributed by atoms with E-state index in [1.165, 1.54) is 12.8 Å². The number of hydrogen-bond donors (Lipinski definition) is 3. The lowest BCUT2D eigenvalue weighted by molar-refractivity contribution is -0.137. The molecule has 1 saturated carbocycles. The molecule has 2 amide bonds. The summed E-state index contributed by atoms with van der Waals surface area (Å²) in [6.07, 6.45) is 3.09. The quantitative estimate of drug-likeness (QED) is 0.460. The second-order valence-corrected chi connectivity index (χ2v) is 4.91. The molecule has 0 saturated heterocycles. The Labute approximate surface area is 118 Å². The van der Waals surface area contributed by atoms with Crippen molar-refractivity contribution in [2.45, 2.75) is 32.1 Å². The lowest BCUT2D eigenvalue weighted by atomic mass is 10.3. The highest BCUT2D eigenvalue weighted by atomic mass is 16.5. The Morgan fingerprint density at radius 2 is 1.75 bits per heavy atom. The maximum atomic E-state index is 11.3. The average molecular weight is 286 g/mol. The smallest absolute Gasteiger partial charge is 0.305 e. The number of hydrogen-bond acceptors (Lipinski definition) is 4. The third-order valence-electron chi connectivity index (χ3n) is 2.85. The van der Waals surface area contributed by atoms with Crippen LogP contribution in [-0.2, 0) is 19.1 Å². The number of nitrogens with one attached hydrogen (secondary N) is 2. The molecular formula is C13H22N2O5. The molecular weight excluding hydrogens is 264 g/mol. The molecule has 1 aliphatic carbocycles. The molecule has 0 heterocycles. The van der Waals surface area contributed by atoms with Crippen LogP contribution in [0.15, 0.2) is 0 Å². The average Bonchev–Trinajstić information content (AvgIpc) is 3.18. The molecule has 20 heavy (non-hydrogen) atoms. The van der Waals surface area contributed by atoms with Crippen molar-refractivity contribution < 1.29 is 24.2 Å². The van der Waals surface area contributed by atoms with Crippen LogP contribution >= 0.6 is 0 Å². The molecule has 0 spiro atoms. The topological polar surface area (TPSA) is 105 Å². The van der Waals surface area contributed by atoms with Gasteiger partial charge in [-0.3, -0.25) is 14.4 Å². The maximum Gasteiger partial charge on any atom is 0.305 e. The van der Waals surface area contributed by atoms with E-state index in [1.807, 2.05) is 0 Å². The van der Waals surface area contributed by atoms with E-state index in [0.717, 1.165) is 0 Å². The Bertz CT molecular complexity index is 342. The van der Waals surface area contributed by atoms with Crippen molar-refractivity contribution in [3.8, 4) is 0 Å². The first-order valence-electron chi connectivity index (χ1n) is 6.91. The van der Waals surface area contributed by atoms with Crippen molar-refractivity contribution in [1.29, 1.82) is 0 Å². The Morgan fingerprint density at radius 1 is 1.05 bits per heavy atom. The van der Waals surface area contributed by atoms with Gasteiger partial charge < -0.3 is 20.5 Å². The zero-order valence-corrected chi connectivity index (χ0v) is 11.5. The Hall–Kier alpha value is -1.63. The number of aliphatic carboxylic acids is 1. The molecule has 0 aromatic heterocycles. The monoisotopic (exact) mass is 286 g/mol. The van der Waals surface area contributed by atoms with Gasteiger partial charge in [0.25, 0.3) is 0 Å². The molecule has 0 unspecified atom stereocenters. The van der Waals surface area contributed by atoms with Crippen LogP contribution in [0.5, 0.6) is 0 Å². The third-order valence-corrected chi connectivity index (χ3v) is 2.85. The van der Waals surface area contributed by atoms with Crippen molar-refractivity contribution in [1.82, 2.24) is 10.6 Å². The summed E-state index contributed by atoms with van der Waals surface area (Å²) in [5.74, 6) is -0.677. The maximum absolute atomic E-state index is 11.3. The van der Waals surface area contributed by atoms with E-state index >= 15 is 0 Å². The van der Waals surface area contributed by atoms with Crippen LogP contribution in [-0.4, -0.2) is 49.2 Å². The first kappa shape index (κ1) is 16.4. The van der Waals surface area contributed by atoms with Crippen LogP contribution in [0.2, 0.25) is 0 Å². The van der Waals surface area contributed by atoms with Gasteiger partial charge in [0, 0.05) is 19.5 Å². The molecule has 0 atom stereocenters. The molecule has 0 radical (unpaired) electrons. The number of carbonyl (C=O) groups excluding carboxylic acids is 2. The summed E-state index contributed by atoms with van der Waals surface area (Å²) in [7, 11) is 0. The summed E-state index contributed by atoms with van der Waals surface area (Å²) in [5, 5.41) is 13.6. The molecule has 114 valence electrons. The highest BCUT2D eigenvalue weighted by Crippen LogP contribution is 2.28. The number of carboxylic acids is 1. The number of amides is 2. The molecule has 3 N–H and O–H groups in total. The summed E-state index contributed by atoms with van der Waals surface area (Å²) in [6, 6.07) is 0. The van der Waals surface area contributed by atoms with Gasteiger partial charge >= 0.3 is 5.97 Å². The highest BCUT2D eigenvalue weighted by molar-refractivity contribution is 5.78. The van der Waals surface area contributed by atoms with Crippen molar-refractivity contribution in [3.05, 3.63) is 0 Å². The van der Waals surface area contributed by atoms with Crippen LogP contribution in [0.4, 0.5) is 0 Å². The Balaban J connectivity index is 1.87. The summed E-state index contributed by atoms with van der Waals surface area (Å²) < 4.78 is 5.23. The molecule has 0 bridgehead atoms. The number of carboxylic acid groups (broad SMARTS) is 1. The first-order chi connectivity index (χ1) is 9.58. The fraction of sp³-hybridized carbons (Fsp3) is 0.769. The second-order valence-electron chi connectivity index (χ2n) is 4.91. The molecule has 7 heteroatoms. The van der Waals surface area contributed by atoms with Crippen LogP contribution in [0, 0.1) is 5.92 Å². The van der Waals surface area contributed by atoms with Gasteiger partial charge in [-0.1, -0.05) is 0 Å². The molecule has 1 rings (SSSR count). The summed E-state index contributed by atoms with van der Waals surface area (Å²) >= 11 is 0. The zero-order valence-electron chi connectivity index (χ0n) is 11.5. The molecule has 0 aromatic carbocycles. The van der Waals surface area contributed by atoms with Crippen LogP contribution in [0.1, 0.15) is 32.1 Å². The minimum absolute atomic E-state index is 0.0707. The van der Waals surface area contributed by atoms with Crippen molar-refractivity contribution in [2.24, 2.45) is 5.92 Å². The van der Waals surface area contributed by atoms with Gasteiger partial charge in [0.15, 0.2) is 0 Å². The Kier molecular flexibility index (Phi) is 7.64. The van der Waals surface area contributed by atoms with Crippen molar-refractivity contribution in [3.63, 3.8) is 0 Å². The summed E-state index contributed by atoms with van der Waals surface area (Å²) in [4.78, 5) is 32.9. The lowest BCUT2D eigenvalue weighted by Gasteiger charge is -2.06. The molecule has 1 fully saturated rings. The van der Waals surface area contributed by atoms with Gasteiger partial charge in [-0.25, -0.2) is 0 Å². The van der Waals surface area contributed by atoms with Gasteiger partial charge in [-0.2, -0.15) is 0 Å². The zero-order chi connectivity index (χ0) is 14.8. The van der Waals surface area contributed by atoms with Gasteiger partial charge in [0.1, 0.15) is 6.61 Å². The van der Waals surface area contributed by atoms with E-state index < -0.39 is 5.97 Å². The van der Waals surface area contributed by atoms with Crippen LogP contribution < -0.4 is 10.6 Å². The largest absolute Gasteiger partial charge is 0.481 e. The predicted octanol–water partition coefficient (Wildman–Crippen LogP) is -0.0997. The molecule has 0 aromatic rings. The van der Waals surface area contributed by atoms with Crippen molar-refractivity contribution >= 4 is 17.8 Å². The van der Waals surface area contributed by atoms with Crippen LogP contribution in [0.25, 0.3) is 0 Å². The minimum atomic E-state index is -0.941. The molecule has 0 aliphatic heterocycles. The third kappa shape index (κ3) is 9.32. The fourth-order valence-corrected chi connectivity index (χ4v) is 1.53. The summed E-state index contributed by atoms with van der Waals surface area (Å²) in [5.41, 5.74) is 0. The van der Waals surface area contributed by atoms with E-state index in [9.17, 15) is 14.4 Å². The van der Waals surface area contributed by atoms with E-state index in [0.29, 0.717) is 25.5 Å². The number of ether oxygens (including phenoxy) is 1.